The van der Waals surface area contributed by atoms with Gasteiger partial charge in [-0.15, -0.1) is 10.2 Å². The van der Waals surface area contributed by atoms with E-state index in [4.69, 9.17) is 11.6 Å². The molecule has 0 atom stereocenters. The fourth-order valence-electron chi connectivity index (χ4n) is 1.97. The number of nitrogens with zero attached hydrogens (tertiary/aromatic N) is 4. The molecule has 2 aromatic heterocycles. The SMILES string of the molecule is Cn1c(SCc2cccc(Cl)c2)nnc1-c1ccncc1. The molecule has 3 rings (SSSR count). The van der Waals surface area contributed by atoms with Gasteiger partial charge in [0.05, 0.1) is 0 Å². The molecule has 0 radical (unpaired) electrons. The Morgan fingerprint density at radius 2 is 1.95 bits per heavy atom. The summed E-state index contributed by atoms with van der Waals surface area (Å²) in [6.45, 7) is 0. The number of pyridine rings is 1. The smallest absolute Gasteiger partial charge is 0.191 e. The van der Waals surface area contributed by atoms with Crippen LogP contribution in [0.25, 0.3) is 11.4 Å². The summed E-state index contributed by atoms with van der Waals surface area (Å²) in [7, 11) is 1.97. The summed E-state index contributed by atoms with van der Waals surface area (Å²) >= 11 is 7.63. The van der Waals surface area contributed by atoms with Crippen molar-refractivity contribution < 1.29 is 0 Å². The van der Waals surface area contributed by atoms with Gasteiger partial charge in [0.1, 0.15) is 0 Å². The van der Waals surface area contributed by atoms with Crippen LogP contribution in [0.3, 0.4) is 0 Å². The molecule has 0 spiro atoms. The van der Waals surface area contributed by atoms with E-state index in [1.807, 2.05) is 41.9 Å². The summed E-state index contributed by atoms with van der Waals surface area (Å²) < 4.78 is 1.99. The van der Waals surface area contributed by atoms with Crippen LogP contribution >= 0.6 is 23.4 Å². The first-order valence-corrected chi connectivity index (χ1v) is 7.77. The molecule has 0 aliphatic carbocycles. The van der Waals surface area contributed by atoms with Gasteiger partial charge in [0, 0.05) is 35.8 Å². The Labute approximate surface area is 132 Å². The quantitative estimate of drug-likeness (QED) is 0.686. The van der Waals surface area contributed by atoms with Crippen LogP contribution in [-0.2, 0) is 12.8 Å². The lowest BCUT2D eigenvalue weighted by Crippen LogP contribution is -1.95. The molecule has 21 heavy (non-hydrogen) atoms. The number of hydrogen-bond donors (Lipinski definition) is 0. The standard InChI is InChI=1S/C15H13ClN4S/c1-20-14(12-5-7-17-8-6-12)18-19-15(20)21-10-11-3-2-4-13(16)9-11/h2-9H,10H2,1H3. The van der Waals surface area contributed by atoms with Gasteiger partial charge in [-0.05, 0) is 29.8 Å². The topological polar surface area (TPSA) is 43.6 Å². The normalized spacial score (nSPS) is 10.8. The van der Waals surface area contributed by atoms with Crippen LogP contribution in [0.1, 0.15) is 5.56 Å². The van der Waals surface area contributed by atoms with E-state index in [0.717, 1.165) is 27.3 Å². The number of thioether (sulfide) groups is 1. The van der Waals surface area contributed by atoms with Crippen molar-refractivity contribution >= 4 is 23.4 Å². The van der Waals surface area contributed by atoms with Crippen molar-refractivity contribution in [2.24, 2.45) is 7.05 Å². The maximum atomic E-state index is 5.99. The molecule has 0 fully saturated rings. The number of aromatic nitrogens is 4. The van der Waals surface area contributed by atoms with Crippen molar-refractivity contribution in [3.63, 3.8) is 0 Å². The molecule has 0 amide bonds. The summed E-state index contributed by atoms with van der Waals surface area (Å²) in [6, 6.07) is 11.7. The zero-order chi connectivity index (χ0) is 14.7. The van der Waals surface area contributed by atoms with Crippen molar-refractivity contribution in [2.45, 2.75) is 10.9 Å². The molecule has 6 heteroatoms. The Kier molecular flexibility index (Phi) is 4.22. The van der Waals surface area contributed by atoms with Crippen LogP contribution in [0.4, 0.5) is 0 Å². The Balaban J connectivity index is 1.77. The van der Waals surface area contributed by atoms with Gasteiger partial charge in [0.2, 0.25) is 0 Å². The molecule has 0 aliphatic rings. The van der Waals surface area contributed by atoms with E-state index in [1.54, 1.807) is 24.2 Å². The Hall–Kier alpha value is -1.85. The molecule has 2 heterocycles. The minimum absolute atomic E-state index is 0.753. The van der Waals surface area contributed by atoms with E-state index in [-0.39, 0.29) is 0 Å². The van der Waals surface area contributed by atoms with E-state index in [2.05, 4.69) is 21.2 Å². The highest BCUT2D eigenvalue weighted by atomic mass is 35.5. The Morgan fingerprint density at radius 3 is 2.71 bits per heavy atom. The largest absolute Gasteiger partial charge is 0.305 e. The van der Waals surface area contributed by atoms with Crippen LogP contribution < -0.4 is 0 Å². The Bertz CT molecular complexity index is 742. The Morgan fingerprint density at radius 1 is 1.14 bits per heavy atom. The molecular formula is C15H13ClN4S. The summed E-state index contributed by atoms with van der Waals surface area (Å²) in [5.74, 6) is 1.65. The van der Waals surface area contributed by atoms with E-state index in [9.17, 15) is 0 Å². The minimum atomic E-state index is 0.753. The monoisotopic (exact) mass is 316 g/mol. The van der Waals surface area contributed by atoms with Gasteiger partial charge in [-0.25, -0.2) is 0 Å². The van der Waals surface area contributed by atoms with Gasteiger partial charge in [-0.2, -0.15) is 0 Å². The van der Waals surface area contributed by atoms with Crippen molar-refractivity contribution in [1.29, 1.82) is 0 Å². The third kappa shape index (κ3) is 3.25. The maximum Gasteiger partial charge on any atom is 0.191 e. The molecular weight excluding hydrogens is 304 g/mol. The van der Waals surface area contributed by atoms with Gasteiger partial charge in [0.25, 0.3) is 0 Å². The van der Waals surface area contributed by atoms with Crippen LogP contribution in [0.5, 0.6) is 0 Å². The van der Waals surface area contributed by atoms with Crippen molar-refractivity contribution in [2.75, 3.05) is 0 Å². The zero-order valence-electron chi connectivity index (χ0n) is 11.4. The highest BCUT2D eigenvalue weighted by molar-refractivity contribution is 7.98. The average Bonchev–Trinajstić information content (AvgIpc) is 2.87. The van der Waals surface area contributed by atoms with Gasteiger partial charge < -0.3 is 4.57 Å². The summed E-state index contributed by atoms with van der Waals surface area (Å²) in [6.07, 6.45) is 3.51. The molecule has 0 N–H and O–H groups in total. The third-order valence-corrected chi connectivity index (χ3v) is 4.36. The minimum Gasteiger partial charge on any atom is -0.305 e. The van der Waals surface area contributed by atoms with Crippen LogP contribution in [0.15, 0.2) is 53.9 Å². The van der Waals surface area contributed by atoms with Gasteiger partial charge in [-0.1, -0.05) is 35.5 Å². The summed E-state index contributed by atoms with van der Waals surface area (Å²) in [5, 5.41) is 10.1. The lowest BCUT2D eigenvalue weighted by molar-refractivity contribution is 0.793. The predicted molar refractivity (Wildman–Crippen MR) is 85.2 cm³/mol. The first-order valence-electron chi connectivity index (χ1n) is 6.41. The van der Waals surface area contributed by atoms with Gasteiger partial charge in [-0.3, -0.25) is 4.98 Å². The van der Waals surface area contributed by atoms with E-state index in [1.165, 1.54) is 5.56 Å². The van der Waals surface area contributed by atoms with Crippen molar-refractivity contribution in [1.82, 2.24) is 19.7 Å². The molecule has 4 nitrogen and oxygen atoms in total. The molecule has 106 valence electrons. The van der Waals surface area contributed by atoms with Crippen molar-refractivity contribution in [3.8, 4) is 11.4 Å². The maximum absolute atomic E-state index is 5.99. The molecule has 0 bridgehead atoms. The summed E-state index contributed by atoms with van der Waals surface area (Å²) in [4.78, 5) is 4.02. The zero-order valence-corrected chi connectivity index (χ0v) is 13.0. The van der Waals surface area contributed by atoms with Crippen molar-refractivity contribution in [3.05, 3.63) is 59.4 Å². The predicted octanol–water partition coefficient (Wildman–Crippen LogP) is 3.82. The molecule has 0 aliphatic heterocycles. The lowest BCUT2D eigenvalue weighted by Gasteiger charge is -2.04. The molecule has 0 saturated carbocycles. The third-order valence-electron chi connectivity index (χ3n) is 3.03. The second-order valence-electron chi connectivity index (χ2n) is 4.52. The van der Waals surface area contributed by atoms with Crippen LogP contribution in [0, 0.1) is 0 Å². The second kappa shape index (κ2) is 6.28. The molecule has 0 unspecified atom stereocenters. The van der Waals surface area contributed by atoms with E-state index in [0.29, 0.717) is 0 Å². The van der Waals surface area contributed by atoms with Crippen LogP contribution in [-0.4, -0.2) is 19.7 Å². The molecule has 1 aromatic carbocycles. The second-order valence-corrected chi connectivity index (χ2v) is 5.90. The molecule has 3 aromatic rings. The van der Waals surface area contributed by atoms with E-state index >= 15 is 0 Å². The van der Waals surface area contributed by atoms with Gasteiger partial charge in [0.15, 0.2) is 11.0 Å². The fourth-order valence-corrected chi connectivity index (χ4v) is 3.03. The van der Waals surface area contributed by atoms with Crippen LogP contribution in [0.2, 0.25) is 5.02 Å². The first-order chi connectivity index (χ1) is 10.2. The average molecular weight is 317 g/mol. The fraction of sp³-hybridized carbons (Fsp3) is 0.133. The number of halogens is 1. The summed E-state index contributed by atoms with van der Waals surface area (Å²) in [5.41, 5.74) is 2.18. The number of benzene rings is 1. The highest BCUT2D eigenvalue weighted by Crippen LogP contribution is 2.25. The number of rotatable bonds is 4. The van der Waals surface area contributed by atoms with E-state index < -0.39 is 0 Å². The van der Waals surface area contributed by atoms with Gasteiger partial charge >= 0.3 is 0 Å². The lowest BCUT2D eigenvalue weighted by atomic mass is 10.2. The first kappa shape index (κ1) is 14.1. The highest BCUT2D eigenvalue weighted by Gasteiger charge is 2.11. The number of hydrogen-bond acceptors (Lipinski definition) is 4. The molecule has 0 saturated heterocycles.